The predicted octanol–water partition coefficient (Wildman–Crippen LogP) is 4.49. The second kappa shape index (κ2) is 15.7. The van der Waals surface area contributed by atoms with Crippen molar-refractivity contribution in [2.24, 2.45) is 10.9 Å². The van der Waals surface area contributed by atoms with Gasteiger partial charge in [-0.3, -0.25) is 14.6 Å². The number of nitrogens with one attached hydrogen (secondary N) is 1. The fourth-order valence-corrected chi connectivity index (χ4v) is 3.60. The molecule has 0 fully saturated rings. The quantitative estimate of drug-likeness (QED) is 0.0894. The largest absolute Gasteiger partial charge is 0.493 e. The first-order valence-corrected chi connectivity index (χ1v) is 12.4. The molecular weight excluding hydrogens is 516 g/mol. The fourth-order valence-electron chi connectivity index (χ4n) is 3.32. The molecule has 0 aliphatic rings. The summed E-state index contributed by atoms with van der Waals surface area (Å²) < 4.78 is 27.1. The SMILES string of the molecule is C=N/C(C(=O)N[C@@H](C)C(=O)O[C@H](C(C)C)[C@H](C)Oc1ccc(C)cc1Cl)=C(OCOC(C)=O)\C(=C/C)OC. The molecular formula is C27H37ClN2O8. The molecule has 1 amide bonds. The molecule has 0 saturated heterocycles. The lowest BCUT2D eigenvalue weighted by Gasteiger charge is -2.29. The number of ether oxygens (including phenoxy) is 5. The van der Waals surface area contributed by atoms with Crippen LogP contribution < -0.4 is 10.1 Å². The van der Waals surface area contributed by atoms with Gasteiger partial charge in [0.15, 0.2) is 17.2 Å². The number of methoxy groups -OCH3 is 1. The molecule has 1 aromatic rings. The molecule has 0 heterocycles. The topological polar surface area (TPSA) is 122 Å². The van der Waals surface area contributed by atoms with Crippen LogP contribution in [0.25, 0.3) is 0 Å². The number of amides is 1. The monoisotopic (exact) mass is 552 g/mol. The van der Waals surface area contributed by atoms with Crippen molar-refractivity contribution >= 4 is 36.2 Å². The minimum atomic E-state index is -1.07. The maximum absolute atomic E-state index is 13.0. The number of halogens is 1. The number of hydrogen-bond acceptors (Lipinski definition) is 9. The molecule has 0 unspecified atom stereocenters. The Balaban J connectivity index is 3.04. The highest BCUT2D eigenvalue weighted by molar-refractivity contribution is 6.32. The van der Waals surface area contributed by atoms with E-state index in [-0.39, 0.29) is 23.1 Å². The molecule has 0 saturated carbocycles. The van der Waals surface area contributed by atoms with Crippen molar-refractivity contribution in [2.45, 2.75) is 66.7 Å². The zero-order valence-corrected chi connectivity index (χ0v) is 23.9. The highest BCUT2D eigenvalue weighted by Crippen LogP contribution is 2.28. The number of aliphatic imine (C=N–C) groups is 1. The van der Waals surface area contributed by atoms with E-state index >= 15 is 0 Å². The summed E-state index contributed by atoms with van der Waals surface area (Å²) in [6.07, 6.45) is 0.346. The van der Waals surface area contributed by atoms with Gasteiger partial charge in [0.1, 0.15) is 24.0 Å². The van der Waals surface area contributed by atoms with Crippen LogP contribution in [0.4, 0.5) is 0 Å². The summed E-state index contributed by atoms with van der Waals surface area (Å²) in [6, 6.07) is 4.34. The Kier molecular flexibility index (Phi) is 13.4. The number of hydrogen-bond donors (Lipinski definition) is 1. The summed E-state index contributed by atoms with van der Waals surface area (Å²) >= 11 is 6.28. The van der Waals surface area contributed by atoms with Crippen LogP contribution in [-0.4, -0.2) is 56.7 Å². The van der Waals surface area contributed by atoms with E-state index in [1.807, 2.05) is 26.8 Å². The third-order valence-electron chi connectivity index (χ3n) is 5.23. The molecule has 210 valence electrons. The van der Waals surface area contributed by atoms with Gasteiger partial charge in [-0.1, -0.05) is 31.5 Å². The van der Waals surface area contributed by atoms with Crippen molar-refractivity contribution in [1.82, 2.24) is 5.32 Å². The second-order valence-corrected chi connectivity index (χ2v) is 9.10. The maximum Gasteiger partial charge on any atom is 0.328 e. The average molecular weight is 553 g/mol. The lowest BCUT2D eigenvalue weighted by atomic mass is 10.0. The standard InChI is InChI=1S/C27H37ClN2O8/c1-10-21(34-9)25(36-14-35-19(7)31)23(29-8)26(32)30-17(5)27(33)38-24(15(2)3)18(6)37-22-12-11-16(4)13-20(22)28/h10-13,15,17-18,24H,8,14H2,1-7,9H3,(H,30,32)/b21-10+,25-23+/t17-,18-,24+/m0/s1. The minimum Gasteiger partial charge on any atom is -0.493 e. The van der Waals surface area contributed by atoms with Crippen molar-refractivity contribution < 1.29 is 38.1 Å². The van der Waals surface area contributed by atoms with E-state index in [1.165, 1.54) is 27.0 Å². The van der Waals surface area contributed by atoms with Crippen LogP contribution in [0.3, 0.4) is 0 Å². The first kappa shape index (κ1) is 32.5. The third-order valence-corrected chi connectivity index (χ3v) is 5.53. The number of nitrogens with zero attached hydrogens (tertiary/aromatic N) is 1. The van der Waals surface area contributed by atoms with Gasteiger partial charge in [0, 0.05) is 6.92 Å². The first-order chi connectivity index (χ1) is 17.9. The number of aryl methyl sites for hydroxylation is 1. The Morgan fingerprint density at radius 1 is 1.16 bits per heavy atom. The number of rotatable bonds is 14. The second-order valence-electron chi connectivity index (χ2n) is 8.69. The summed E-state index contributed by atoms with van der Waals surface area (Å²) in [5.41, 5.74) is 0.707. The lowest BCUT2D eigenvalue weighted by Crippen LogP contribution is -2.45. The van der Waals surface area contributed by atoms with Gasteiger partial charge in [0.2, 0.25) is 6.79 Å². The number of allylic oxidation sites excluding steroid dienone is 1. The smallest absolute Gasteiger partial charge is 0.328 e. The molecule has 0 bridgehead atoms. The molecule has 0 aliphatic carbocycles. The van der Waals surface area contributed by atoms with Crippen molar-refractivity contribution in [3.05, 3.63) is 52.1 Å². The van der Waals surface area contributed by atoms with E-state index in [0.29, 0.717) is 10.8 Å². The Hall–Kier alpha value is -3.53. The highest BCUT2D eigenvalue weighted by atomic mass is 35.5. The Morgan fingerprint density at radius 2 is 1.82 bits per heavy atom. The summed E-state index contributed by atoms with van der Waals surface area (Å²) in [5.74, 6) is -1.67. The Labute approximate surface area is 229 Å². The molecule has 3 atom stereocenters. The molecule has 38 heavy (non-hydrogen) atoms. The van der Waals surface area contributed by atoms with E-state index in [4.69, 9.17) is 35.3 Å². The van der Waals surface area contributed by atoms with Gasteiger partial charge in [-0.15, -0.1) is 0 Å². The molecule has 1 N–H and O–H groups in total. The fraction of sp³-hybridized carbons (Fsp3) is 0.481. The molecule has 0 spiro atoms. The van der Waals surface area contributed by atoms with Crippen LogP contribution in [-0.2, 0) is 33.3 Å². The molecule has 1 aromatic carbocycles. The van der Waals surface area contributed by atoms with Crippen LogP contribution in [0.15, 0.2) is 46.5 Å². The van der Waals surface area contributed by atoms with Crippen molar-refractivity contribution in [2.75, 3.05) is 13.9 Å². The molecule has 0 aliphatic heterocycles. The van der Waals surface area contributed by atoms with E-state index < -0.39 is 42.9 Å². The molecule has 0 aromatic heterocycles. The van der Waals surface area contributed by atoms with Crippen LogP contribution in [0, 0.1) is 12.8 Å². The summed E-state index contributed by atoms with van der Waals surface area (Å²) in [6.45, 7) is 14.7. The van der Waals surface area contributed by atoms with E-state index in [2.05, 4.69) is 17.0 Å². The molecule has 10 nitrogen and oxygen atoms in total. The van der Waals surface area contributed by atoms with E-state index in [9.17, 15) is 14.4 Å². The summed E-state index contributed by atoms with van der Waals surface area (Å²) in [5, 5.41) is 2.97. The van der Waals surface area contributed by atoms with Crippen molar-refractivity contribution in [3.63, 3.8) is 0 Å². The van der Waals surface area contributed by atoms with Gasteiger partial charge >= 0.3 is 11.9 Å². The minimum absolute atomic E-state index is 0.105. The number of carbonyl (C=O) groups is 3. The number of benzene rings is 1. The normalized spacial score (nSPS) is 14.4. The molecule has 0 radical (unpaired) electrons. The Bertz CT molecular complexity index is 1070. The van der Waals surface area contributed by atoms with Crippen molar-refractivity contribution in [1.29, 1.82) is 0 Å². The predicted molar refractivity (Wildman–Crippen MR) is 144 cm³/mol. The first-order valence-electron chi connectivity index (χ1n) is 12.0. The van der Waals surface area contributed by atoms with Gasteiger partial charge in [-0.2, -0.15) is 0 Å². The summed E-state index contributed by atoms with van der Waals surface area (Å²) in [7, 11) is 1.36. The van der Waals surface area contributed by atoms with Gasteiger partial charge < -0.3 is 29.0 Å². The van der Waals surface area contributed by atoms with Crippen molar-refractivity contribution in [3.8, 4) is 5.75 Å². The van der Waals surface area contributed by atoms with Crippen LogP contribution >= 0.6 is 11.6 Å². The zero-order valence-electron chi connectivity index (χ0n) is 23.1. The van der Waals surface area contributed by atoms with Crippen LogP contribution in [0.2, 0.25) is 5.02 Å². The lowest BCUT2D eigenvalue weighted by molar-refractivity contribution is -0.159. The average Bonchev–Trinajstić information content (AvgIpc) is 2.84. The Morgan fingerprint density at radius 3 is 2.32 bits per heavy atom. The summed E-state index contributed by atoms with van der Waals surface area (Å²) in [4.78, 5) is 40.8. The van der Waals surface area contributed by atoms with E-state index in [0.717, 1.165) is 5.56 Å². The van der Waals surface area contributed by atoms with E-state index in [1.54, 1.807) is 26.0 Å². The molecule has 1 rings (SSSR count). The molecule has 11 heteroatoms. The maximum atomic E-state index is 13.0. The number of carbonyl (C=O) groups excluding carboxylic acids is 3. The van der Waals surface area contributed by atoms with Gasteiger partial charge in [-0.05, 0) is 64.1 Å². The highest BCUT2D eigenvalue weighted by Gasteiger charge is 2.31. The number of esters is 2. The van der Waals surface area contributed by atoms with Crippen LogP contribution in [0.1, 0.15) is 47.1 Å². The van der Waals surface area contributed by atoms with Gasteiger partial charge in [-0.25, -0.2) is 4.79 Å². The van der Waals surface area contributed by atoms with Crippen LogP contribution in [0.5, 0.6) is 5.75 Å². The van der Waals surface area contributed by atoms with Gasteiger partial charge in [0.25, 0.3) is 5.91 Å². The zero-order chi connectivity index (χ0) is 29.0. The van der Waals surface area contributed by atoms with Gasteiger partial charge in [0.05, 0.1) is 12.1 Å². The third kappa shape index (κ3) is 9.74.